The van der Waals surface area contributed by atoms with Crippen LogP contribution in [0.25, 0.3) is 0 Å². The fourth-order valence-electron chi connectivity index (χ4n) is 1.63. The summed E-state index contributed by atoms with van der Waals surface area (Å²) in [5.74, 6) is -0.218. The van der Waals surface area contributed by atoms with Gasteiger partial charge in [0.15, 0.2) is 0 Å². The largest absolute Gasteiger partial charge is 0.281 e. The number of hydrogen-bond acceptors (Lipinski definition) is 2. The molecular weight excluding hydrogens is 240 g/mol. The Morgan fingerprint density at radius 1 is 1.19 bits per heavy atom. The van der Waals surface area contributed by atoms with Gasteiger partial charge in [-0.2, -0.15) is 0 Å². The summed E-state index contributed by atoms with van der Waals surface area (Å²) in [6.45, 7) is 0. The van der Waals surface area contributed by atoms with E-state index in [0.29, 0.717) is 6.42 Å². The van der Waals surface area contributed by atoms with E-state index in [0.717, 1.165) is 10.4 Å². The van der Waals surface area contributed by atoms with E-state index in [4.69, 9.17) is 11.6 Å². The van der Waals surface area contributed by atoms with E-state index >= 15 is 0 Å². The molecule has 0 amide bonds. The average Bonchev–Trinajstić information content (AvgIpc) is 2.80. The van der Waals surface area contributed by atoms with E-state index in [9.17, 15) is 4.79 Å². The summed E-state index contributed by atoms with van der Waals surface area (Å²) in [4.78, 5) is 12.5. The second-order valence-corrected chi connectivity index (χ2v) is 4.91. The minimum Gasteiger partial charge on any atom is -0.281 e. The van der Waals surface area contributed by atoms with E-state index in [1.54, 1.807) is 11.3 Å². The maximum Gasteiger partial charge on any atom is 0.230 e. The first-order valence-corrected chi connectivity index (χ1v) is 6.30. The van der Waals surface area contributed by atoms with Gasteiger partial charge < -0.3 is 0 Å². The summed E-state index contributed by atoms with van der Waals surface area (Å²) in [6, 6.07) is 13.8. The molecular formula is C13H11ClOS. The smallest absolute Gasteiger partial charge is 0.230 e. The molecule has 1 unspecified atom stereocenters. The Morgan fingerprint density at radius 2 is 1.94 bits per heavy atom. The predicted molar refractivity (Wildman–Crippen MR) is 68.1 cm³/mol. The molecule has 1 nitrogen and oxygen atoms in total. The fourth-order valence-corrected chi connectivity index (χ4v) is 2.72. The first kappa shape index (κ1) is 11.4. The second kappa shape index (κ2) is 5.28. The highest BCUT2D eigenvalue weighted by Crippen LogP contribution is 2.27. The van der Waals surface area contributed by atoms with Crippen molar-refractivity contribution in [2.75, 3.05) is 0 Å². The zero-order valence-electron chi connectivity index (χ0n) is 8.60. The van der Waals surface area contributed by atoms with Gasteiger partial charge in [-0.25, -0.2) is 0 Å². The van der Waals surface area contributed by atoms with Crippen LogP contribution in [0.2, 0.25) is 0 Å². The maximum atomic E-state index is 11.4. The van der Waals surface area contributed by atoms with Crippen LogP contribution >= 0.6 is 22.9 Å². The van der Waals surface area contributed by atoms with Gasteiger partial charge in [-0.1, -0.05) is 36.4 Å². The first-order chi connectivity index (χ1) is 7.77. The van der Waals surface area contributed by atoms with E-state index in [2.05, 4.69) is 0 Å². The van der Waals surface area contributed by atoms with Gasteiger partial charge in [0, 0.05) is 4.88 Å². The molecule has 1 aromatic heterocycles. The molecule has 1 heterocycles. The van der Waals surface area contributed by atoms with E-state index in [1.807, 2.05) is 47.8 Å². The van der Waals surface area contributed by atoms with Gasteiger partial charge in [-0.3, -0.25) is 4.79 Å². The number of carbonyl (C=O) groups excluding carboxylic acids is 1. The zero-order valence-corrected chi connectivity index (χ0v) is 10.2. The molecule has 2 rings (SSSR count). The lowest BCUT2D eigenvalue weighted by Gasteiger charge is -2.10. The molecule has 0 fully saturated rings. The number of thiophene rings is 1. The molecule has 0 radical (unpaired) electrons. The molecule has 2 aromatic rings. The minimum absolute atomic E-state index is 0.218. The predicted octanol–water partition coefficient (Wildman–Crippen LogP) is 3.84. The van der Waals surface area contributed by atoms with E-state index < -0.39 is 0 Å². The number of hydrogen-bond donors (Lipinski definition) is 0. The standard InChI is InChI=1S/C13H11ClOS/c14-13(15)11(12-7-4-8-16-12)9-10-5-2-1-3-6-10/h1-8,11H,9H2. The van der Waals surface area contributed by atoms with Crippen LogP contribution in [0.1, 0.15) is 16.4 Å². The third-order valence-corrected chi connectivity index (χ3v) is 3.69. The minimum atomic E-state index is -0.286. The summed E-state index contributed by atoms with van der Waals surface area (Å²) in [7, 11) is 0. The Bertz CT molecular complexity index is 450. The quantitative estimate of drug-likeness (QED) is 0.754. The normalized spacial score (nSPS) is 12.3. The van der Waals surface area contributed by atoms with Crippen molar-refractivity contribution in [1.29, 1.82) is 0 Å². The maximum absolute atomic E-state index is 11.4. The van der Waals surface area contributed by atoms with Crippen molar-refractivity contribution < 1.29 is 4.79 Å². The highest BCUT2D eigenvalue weighted by atomic mass is 35.5. The lowest BCUT2D eigenvalue weighted by molar-refractivity contribution is -0.112. The van der Waals surface area contributed by atoms with Crippen molar-refractivity contribution in [3.05, 3.63) is 58.3 Å². The SMILES string of the molecule is O=C(Cl)C(Cc1ccccc1)c1cccs1. The van der Waals surface area contributed by atoms with Crippen molar-refractivity contribution in [2.24, 2.45) is 0 Å². The summed E-state index contributed by atoms with van der Waals surface area (Å²) < 4.78 is 0. The first-order valence-electron chi connectivity index (χ1n) is 5.04. The molecule has 0 aliphatic carbocycles. The Balaban J connectivity index is 2.19. The van der Waals surface area contributed by atoms with Crippen molar-refractivity contribution in [3.8, 4) is 0 Å². The number of rotatable bonds is 4. The molecule has 82 valence electrons. The molecule has 1 atom stereocenters. The molecule has 0 bridgehead atoms. The van der Waals surface area contributed by atoms with Crippen LogP contribution in [0.4, 0.5) is 0 Å². The van der Waals surface area contributed by atoms with Gasteiger partial charge in [0.1, 0.15) is 0 Å². The Hall–Kier alpha value is -1.12. The fraction of sp³-hybridized carbons (Fsp3) is 0.154. The van der Waals surface area contributed by atoms with Gasteiger partial charge in [-0.15, -0.1) is 11.3 Å². The molecule has 0 saturated carbocycles. The molecule has 1 aromatic carbocycles. The summed E-state index contributed by atoms with van der Waals surface area (Å²) in [6.07, 6.45) is 0.670. The summed E-state index contributed by atoms with van der Waals surface area (Å²) in [5, 5.41) is 1.68. The van der Waals surface area contributed by atoms with Gasteiger partial charge >= 0.3 is 0 Å². The van der Waals surface area contributed by atoms with Crippen LogP contribution in [0.15, 0.2) is 47.8 Å². The zero-order chi connectivity index (χ0) is 11.4. The van der Waals surface area contributed by atoms with E-state index in [-0.39, 0.29) is 11.2 Å². The molecule has 0 aliphatic rings. The van der Waals surface area contributed by atoms with Crippen LogP contribution in [-0.4, -0.2) is 5.24 Å². The average molecular weight is 251 g/mol. The van der Waals surface area contributed by atoms with Crippen LogP contribution in [0.3, 0.4) is 0 Å². The van der Waals surface area contributed by atoms with Crippen molar-refractivity contribution in [1.82, 2.24) is 0 Å². The van der Waals surface area contributed by atoms with E-state index in [1.165, 1.54) is 0 Å². The Kier molecular flexibility index (Phi) is 3.75. The Morgan fingerprint density at radius 3 is 2.50 bits per heavy atom. The molecule has 16 heavy (non-hydrogen) atoms. The summed E-state index contributed by atoms with van der Waals surface area (Å²) in [5.41, 5.74) is 1.13. The van der Waals surface area contributed by atoms with Gasteiger partial charge in [-0.05, 0) is 35.0 Å². The highest BCUT2D eigenvalue weighted by molar-refractivity contribution is 7.10. The lowest BCUT2D eigenvalue weighted by Crippen LogP contribution is -2.08. The number of benzene rings is 1. The topological polar surface area (TPSA) is 17.1 Å². The molecule has 0 saturated heterocycles. The third-order valence-electron chi connectivity index (χ3n) is 2.44. The third kappa shape index (κ3) is 2.71. The van der Waals surface area contributed by atoms with Crippen molar-refractivity contribution >= 4 is 28.2 Å². The highest BCUT2D eigenvalue weighted by Gasteiger charge is 2.19. The van der Waals surface area contributed by atoms with Crippen LogP contribution in [-0.2, 0) is 11.2 Å². The van der Waals surface area contributed by atoms with Crippen LogP contribution < -0.4 is 0 Å². The second-order valence-electron chi connectivity index (χ2n) is 3.56. The van der Waals surface area contributed by atoms with Crippen molar-refractivity contribution in [2.45, 2.75) is 12.3 Å². The van der Waals surface area contributed by atoms with Crippen LogP contribution in [0.5, 0.6) is 0 Å². The lowest BCUT2D eigenvalue weighted by atomic mass is 9.99. The molecule has 0 spiro atoms. The number of carbonyl (C=O) groups is 1. The van der Waals surface area contributed by atoms with Gasteiger partial charge in [0.2, 0.25) is 5.24 Å². The Labute approximate surface area is 104 Å². The van der Waals surface area contributed by atoms with Gasteiger partial charge in [0.05, 0.1) is 5.92 Å². The monoisotopic (exact) mass is 250 g/mol. The number of halogens is 1. The van der Waals surface area contributed by atoms with Gasteiger partial charge in [0.25, 0.3) is 0 Å². The van der Waals surface area contributed by atoms with Crippen molar-refractivity contribution in [3.63, 3.8) is 0 Å². The molecule has 3 heteroatoms. The summed E-state index contributed by atoms with van der Waals surface area (Å²) >= 11 is 7.23. The molecule has 0 aliphatic heterocycles. The molecule has 0 N–H and O–H groups in total. The van der Waals surface area contributed by atoms with Crippen LogP contribution in [0, 0.1) is 0 Å².